The van der Waals surface area contributed by atoms with Gasteiger partial charge < -0.3 is 19.6 Å². The fraction of sp³-hybridized carbons (Fsp3) is 0.241. The molecule has 3 aromatic rings. The topological polar surface area (TPSA) is 70.1 Å². The van der Waals surface area contributed by atoms with Gasteiger partial charge in [-0.1, -0.05) is 72.3 Å². The molecule has 4 rings (SSSR count). The number of benzene rings is 3. The van der Waals surface area contributed by atoms with Crippen LogP contribution in [0.2, 0.25) is 0 Å². The van der Waals surface area contributed by atoms with Crippen LogP contribution in [0.3, 0.4) is 0 Å². The molecule has 6 nitrogen and oxygen atoms in total. The second kappa shape index (κ2) is 10.6. The highest BCUT2D eigenvalue weighted by molar-refractivity contribution is 6.46. The van der Waals surface area contributed by atoms with Crippen LogP contribution in [0.4, 0.5) is 0 Å². The molecular weight excluding hydrogens is 440 g/mol. The van der Waals surface area contributed by atoms with E-state index in [0.29, 0.717) is 36.6 Å². The Bertz CT molecular complexity index is 1230. The molecule has 1 N–H and O–H groups in total. The summed E-state index contributed by atoms with van der Waals surface area (Å²) in [4.78, 5) is 29.7. The Morgan fingerprint density at radius 3 is 2.37 bits per heavy atom. The third kappa shape index (κ3) is 5.44. The first-order valence-corrected chi connectivity index (χ1v) is 11.6. The lowest BCUT2D eigenvalue weighted by molar-refractivity contribution is -0.140. The molecule has 1 saturated heterocycles. The van der Waals surface area contributed by atoms with Gasteiger partial charge in [-0.2, -0.15) is 0 Å². The van der Waals surface area contributed by atoms with E-state index < -0.39 is 17.7 Å². The van der Waals surface area contributed by atoms with Crippen LogP contribution in [0.5, 0.6) is 5.75 Å². The fourth-order valence-electron chi connectivity index (χ4n) is 4.15. The third-order valence-corrected chi connectivity index (χ3v) is 6.08. The summed E-state index contributed by atoms with van der Waals surface area (Å²) in [6.45, 7) is 3.28. The van der Waals surface area contributed by atoms with Crippen molar-refractivity contribution in [2.75, 3.05) is 27.2 Å². The predicted octanol–water partition coefficient (Wildman–Crippen LogP) is 4.56. The van der Waals surface area contributed by atoms with Crippen molar-refractivity contribution in [1.82, 2.24) is 9.80 Å². The number of ether oxygens (including phenoxy) is 1. The molecule has 1 atom stereocenters. The molecule has 3 aromatic carbocycles. The summed E-state index contributed by atoms with van der Waals surface area (Å²) in [5, 5.41) is 11.2. The SMILES string of the molecule is Cc1ccc(/C(O)=C2/C(=O)C(=O)N(CCN(C)C)C2c2cccc(OCc3ccccc3)c2)cc1. The molecule has 0 saturated carbocycles. The summed E-state index contributed by atoms with van der Waals surface area (Å²) >= 11 is 0. The number of hydrogen-bond acceptors (Lipinski definition) is 5. The molecule has 1 heterocycles. The maximum Gasteiger partial charge on any atom is 0.295 e. The van der Waals surface area contributed by atoms with Gasteiger partial charge in [-0.25, -0.2) is 0 Å². The van der Waals surface area contributed by atoms with Crippen molar-refractivity contribution in [2.24, 2.45) is 0 Å². The maximum atomic E-state index is 13.2. The number of amides is 1. The first kappa shape index (κ1) is 24.2. The molecule has 0 aromatic heterocycles. The minimum atomic E-state index is -0.712. The lowest BCUT2D eigenvalue weighted by Gasteiger charge is -2.27. The molecule has 1 unspecified atom stereocenters. The molecule has 1 aliphatic heterocycles. The van der Waals surface area contributed by atoms with Crippen LogP contribution in [-0.2, 0) is 16.2 Å². The molecule has 0 aliphatic carbocycles. The number of carbonyl (C=O) groups is 2. The van der Waals surface area contributed by atoms with E-state index >= 15 is 0 Å². The van der Waals surface area contributed by atoms with E-state index in [0.717, 1.165) is 11.1 Å². The summed E-state index contributed by atoms with van der Waals surface area (Å²) in [6.07, 6.45) is 0. The fourth-order valence-corrected chi connectivity index (χ4v) is 4.15. The van der Waals surface area contributed by atoms with Crippen molar-refractivity contribution in [2.45, 2.75) is 19.6 Å². The first-order chi connectivity index (χ1) is 16.8. The van der Waals surface area contributed by atoms with Crippen molar-refractivity contribution in [3.8, 4) is 5.75 Å². The highest BCUT2D eigenvalue weighted by Crippen LogP contribution is 2.40. The van der Waals surface area contributed by atoms with Crippen LogP contribution in [0, 0.1) is 6.92 Å². The van der Waals surface area contributed by atoms with E-state index in [1.807, 2.05) is 92.6 Å². The number of nitrogens with zero attached hydrogens (tertiary/aromatic N) is 2. The number of aryl methyl sites for hydroxylation is 1. The van der Waals surface area contributed by atoms with Crippen LogP contribution < -0.4 is 4.74 Å². The minimum Gasteiger partial charge on any atom is -0.507 e. The highest BCUT2D eigenvalue weighted by Gasteiger charge is 2.46. The summed E-state index contributed by atoms with van der Waals surface area (Å²) in [6, 6.07) is 23.8. The van der Waals surface area contributed by atoms with Gasteiger partial charge in [0.2, 0.25) is 0 Å². The van der Waals surface area contributed by atoms with Gasteiger partial charge in [-0.15, -0.1) is 0 Å². The number of likely N-dealkylation sites (tertiary alicyclic amines) is 1. The van der Waals surface area contributed by atoms with Crippen molar-refractivity contribution < 1.29 is 19.4 Å². The number of aliphatic hydroxyl groups is 1. The van der Waals surface area contributed by atoms with E-state index in [2.05, 4.69) is 0 Å². The van der Waals surface area contributed by atoms with E-state index in [1.54, 1.807) is 17.0 Å². The van der Waals surface area contributed by atoms with Gasteiger partial charge in [0.05, 0.1) is 11.6 Å². The van der Waals surface area contributed by atoms with Crippen LogP contribution in [0.25, 0.3) is 5.76 Å². The van der Waals surface area contributed by atoms with Gasteiger partial charge in [0, 0.05) is 18.7 Å². The number of ketones is 1. The van der Waals surface area contributed by atoms with Gasteiger partial charge in [0.25, 0.3) is 11.7 Å². The lowest BCUT2D eigenvalue weighted by atomic mass is 9.95. The largest absolute Gasteiger partial charge is 0.507 e. The Kier molecular flexibility index (Phi) is 7.32. The average molecular weight is 471 g/mol. The predicted molar refractivity (Wildman–Crippen MR) is 136 cm³/mol. The standard InChI is InChI=1S/C29H30N2O4/c1-20-12-14-22(15-13-20)27(32)25-26(31(17-16-30(2)3)29(34)28(25)33)23-10-7-11-24(18-23)35-19-21-8-5-4-6-9-21/h4-15,18,26,32H,16-17,19H2,1-3H3/b27-25-. The summed E-state index contributed by atoms with van der Waals surface area (Å²) < 4.78 is 6.00. The second-order valence-electron chi connectivity index (χ2n) is 9.01. The summed E-state index contributed by atoms with van der Waals surface area (Å²) in [5.41, 5.74) is 3.38. The molecule has 1 aliphatic rings. The highest BCUT2D eigenvalue weighted by atomic mass is 16.5. The van der Waals surface area contributed by atoms with E-state index in [4.69, 9.17) is 4.74 Å². The maximum absolute atomic E-state index is 13.2. The summed E-state index contributed by atoms with van der Waals surface area (Å²) in [7, 11) is 3.83. The molecule has 1 fully saturated rings. The van der Waals surface area contributed by atoms with Crippen LogP contribution >= 0.6 is 0 Å². The third-order valence-electron chi connectivity index (χ3n) is 6.08. The first-order valence-electron chi connectivity index (χ1n) is 11.6. The van der Waals surface area contributed by atoms with Gasteiger partial charge in [-0.3, -0.25) is 9.59 Å². The Morgan fingerprint density at radius 2 is 1.69 bits per heavy atom. The van der Waals surface area contributed by atoms with E-state index in [1.165, 1.54) is 0 Å². The van der Waals surface area contributed by atoms with E-state index in [-0.39, 0.29) is 11.3 Å². The number of rotatable bonds is 8. The number of hydrogen-bond donors (Lipinski definition) is 1. The molecule has 0 bridgehead atoms. The van der Waals surface area contributed by atoms with Gasteiger partial charge in [0.15, 0.2) is 0 Å². The Hall–Kier alpha value is -3.90. The van der Waals surface area contributed by atoms with Gasteiger partial charge >= 0.3 is 0 Å². The average Bonchev–Trinajstić information content (AvgIpc) is 3.12. The Morgan fingerprint density at radius 1 is 0.971 bits per heavy atom. The zero-order valence-electron chi connectivity index (χ0n) is 20.3. The smallest absolute Gasteiger partial charge is 0.295 e. The Balaban J connectivity index is 1.73. The van der Waals surface area contributed by atoms with Crippen LogP contribution in [0.1, 0.15) is 28.3 Å². The Labute approximate surface area is 206 Å². The van der Waals surface area contributed by atoms with Crippen molar-refractivity contribution >= 4 is 17.4 Å². The number of aliphatic hydroxyl groups excluding tert-OH is 1. The number of Topliss-reactive ketones (excluding diaryl/α,β-unsaturated/α-hetero) is 1. The molecular formula is C29H30N2O4. The van der Waals surface area contributed by atoms with Crippen molar-refractivity contribution in [1.29, 1.82) is 0 Å². The lowest BCUT2D eigenvalue weighted by Crippen LogP contribution is -2.35. The normalized spacial score (nSPS) is 17.3. The monoisotopic (exact) mass is 470 g/mol. The van der Waals surface area contributed by atoms with Crippen molar-refractivity contribution in [3.05, 3.63) is 107 Å². The molecule has 6 heteroatoms. The zero-order valence-corrected chi connectivity index (χ0v) is 20.3. The molecule has 1 amide bonds. The number of likely N-dealkylation sites (N-methyl/N-ethyl adjacent to an activating group) is 1. The number of carbonyl (C=O) groups excluding carboxylic acids is 2. The van der Waals surface area contributed by atoms with Gasteiger partial charge in [-0.05, 0) is 44.3 Å². The summed E-state index contributed by atoms with van der Waals surface area (Å²) in [5.74, 6) is -0.834. The van der Waals surface area contributed by atoms with Gasteiger partial charge in [0.1, 0.15) is 18.1 Å². The van der Waals surface area contributed by atoms with Crippen LogP contribution in [-0.4, -0.2) is 53.8 Å². The molecule has 35 heavy (non-hydrogen) atoms. The minimum absolute atomic E-state index is 0.0952. The molecule has 180 valence electrons. The second-order valence-corrected chi connectivity index (χ2v) is 9.01. The quantitative estimate of drug-likeness (QED) is 0.297. The molecule has 0 spiro atoms. The van der Waals surface area contributed by atoms with Crippen LogP contribution in [0.15, 0.2) is 84.4 Å². The van der Waals surface area contributed by atoms with E-state index in [9.17, 15) is 14.7 Å². The zero-order chi connectivity index (χ0) is 24.9. The van der Waals surface area contributed by atoms with Crippen molar-refractivity contribution in [3.63, 3.8) is 0 Å². The molecule has 0 radical (unpaired) electrons.